The average molecular weight is 312 g/mol. The number of hydrogen-bond donors (Lipinski definition) is 1. The van der Waals surface area contributed by atoms with Crippen molar-refractivity contribution in [2.24, 2.45) is 5.92 Å². The highest BCUT2D eigenvalue weighted by Crippen LogP contribution is 2.06. The Morgan fingerprint density at radius 1 is 1.24 bits per heavy atom. The Kier molecular flexibility index (Phi) is 6.17. The van der Waals surface area contributed by atoms with Gasteiger partial charge in [-0.15, -0.1) is 0 Å². The van der Waals surface area contributed by atoms with Gasteiger partial charge in [-0.2, -0.15) is 0 Å². The van der Waals surface area contributed by atoms with Crippen LogP contribution >= 0.6 is 0 Å². The smallest absolute Gasteiger partial charge is 0.215 e. The van der Waals surface area contributed by atoms with Crippen molar-refractivity contribution in [1.29, 1.82) is 0 Å². The Hall–Kier alpha value is -0.950. The van der Waals surface area contributed by atoms with Gasteiger partial charge >= 0.3 is 0 Å². The largest absolute Gasteiger partial charge is 0.379 e. The molecular formula is C15H24N2O3S. The summed E-state index contributed by atoms with van der Waals surface area (Å²) < 4.78 is 32.1. The van der Waals surface area contributed by atoms with Gasteiger partial charge in [0.15, 0.2) is 0 Å². The first-order valence-corrected chi connectivity index (χ1v) is 9.02. The minimum atomic E-state index is -3.26. The molecule has 6 heteroatoms. The van der Waals surface area contributed by atoms with Gasteiger partial charge in [-0.25, -0.2) is 13.1 Å². The Balaban J connectivity index is 1.75. The third-order valence-electron chi connectivity index (χ3n) is 3.52. The lowest BCUT2D eigenvalue weighted by molar-refractivity contribution is 0.0321. The molecule has 0 radical (unpaired) electrons. The van der Waals surface area contributed by atoms with Crippen LogP contribution in [0.4, 0.5) is 0 Å². The molecule has 0 aromatic heterocycles. The molecule has 0 spiro atoms. The summed E-state index contributed by atoms with van der Waals surface area (Å²) in [6, 6.07) is 9.25. The van der Waals surface area contributed by atoms with Gasteiger partial charge in [0.25, 0.3) is 0 Å². The standard InChI is InChI=1S/C15H24N2O3S/c1-14(12-17-7-9-20-10-8-17)11-16-21(18,19)13-15-5-3-2-4-6-15/h2-6,14,16H,7-13H2,1H3. The summed E-state index contributed by atoms with van der Waals surface area (Å²) in [5.41, 5.74) is 0.811. The average Bonchev–Trinajstić information content (AvgIpc) is 2.47. The molecule has 1 aliphatic rings. The minimum absolute atomic E-state index is 0.0398. The number of hydrogen-bond acceptors (Lipinski definition) is 4. The number of morpholine rings is 1. The van der Waals surface area contributed by atoms with E-state index in [0.29, 0.717) is 6.54 Å². The van der Waals surface area contributed by atoms with Crippen molar-refractivity contribution in [1.82, 2.24) is 9.62 Å². The molecule has 0 bridgehead atoms. The summed E-state index contributed by atoms with van der Waals surface area (Å²) in [5, 5.41) is 0. The number of nitrogens with one attached hydrogen (secondary N) is 1. The van der Waals surface area contributed by atoms with Gasteiger partial charge in [0.1, 0.15) is 0 Å². The second-order valence-electron chi connectivity index (χ2n) is 5.61. The van der Waals surface area contributed by atoms with Gasteiger partial charge < -0.3 is 4.74 Å². The zero-order valence-electron chi connectivity index (χ0n) is 12.5. The van der Waals surface area contributed by atoms with E-state index in [-0.39, 0.29) is 11.7 Å². The van der Waals surface area contributed by atoms with Crippen molar-refractivity contribution in [3.63, 3.8) is 0 Å². The van der Waals surface area contributed by atoms with E-state index in [1.807, 2.05) is 30.3 Å². The van der Waals surface area contributed by atoms with Crippen LogP contribution in [0.5, 0.6) is 0 Å². The number of sulfonamides is 1. The first kappa shape index (κ1) is 16.4. The molecule has 1 atom stereocenters. The van der Waals surface area contributed by atoms with Crippen LogP contribution in [0.25, 0.3) is 0 Å². The van der Waals surface area contributed by atoms with Gasteiger partial charge in [-0.05, 0) is 11.5 Å². The normalized spacial score (nSPS) is 18.5. The van der Waals surface area contributed by atoms with E-state index < -0.39 is 10.0 Å². The molecule has 0 aliphatic carbocycles. The summed E-state index contributed by atoms with van der Waals surface area (Å²) in [4.78, 5) is 2.32. The molecule has 1 unspecified atom stereocenters. The van der Waals surface area contributed by atoms with Crippen molar-refractivity contribution >= 4 is 10.0 Å². The number of ether oxygens (including phenoxy) is 1. The van der Waals surface area contributed by atoms with E-state index in [9.17, 15) is 8.42 Å². The van der Waals surface area contributed by atoms with Crippen molar-refractivity contribution in [3.05, 3.63) is 35.9 Å². The third kappa shape index (κ3) is 6.13. The highest BCUT2D eigenvalue weighted by Gasteiger charge is 2.16. The fourth-order valence-electron chi connectivity index (χ4n) is 2.40. The van der Waals surface area contributed by atoms with Crippen molar-refractivity contribution in [2.45, 2.75) is 12.7 Å². The van der Waals surface area contributed by atoms with Crippen LogP contribution in [-0.4, -0.2) is 52.7 Å². The summed E-state index contributed by atoms with van der Waals surface area (Å²) in [6.45, 7) is 6.85. The molecule has 118 valence electrons. The third-order valence-corrected chi connectivity index (χ3v) is 4.84. The highest BCUT2D eigenvalue weighted by atomic mass is 32.2. The Morgan fingerprint density at radius 2 is 1.90 bits per heavy atom. The van der Waals surface area contributed by atoms with Crippen molar-refractivity contribution < 1.29 is 13.2 Å². The van der Waals surface area contributed by atoms with Crippen LogP contribution in [-0.2, 0) is 20.5 Å². The van der Waals surface area contributed by atoms with Crippen LogP contribution in [0.1, 0.15) is 12.5 Å². The predicted octanol–water partition coefficient (Wildman–Crippen LogP) is 1.07. The predicted molar refractivity (Wildman–Crippen MR) is 83.5 cm³/mol. The van der Waals surface area contributed by atoms with E-state index in [2.05, 4.69) is 16.5 Å². The minimum Gasteiger partial charge on any atom is -0.379 e. The molecule has 1 aromatic carbocycles. The molecule has 1 saturated heterocycles. The maximum Gasteiger partial charge on any atom is 0.215 e. The zero-order chi connectivity index (χ0) is 15.1. The van der Waals surface area contributed by atoms with E-state index >= 15 is 0 Å². The van der Waals surface area contributed by atoms with Crippen molar-refractivity contribution in [2.75, 3.05) is 39.4 Å². The second kappa shape index (κ2) is 7.89. The molecule has 2 rings (SSSR count). The highest BCUT2D eigenvalue weighted by molar-refractivity contribution is 7.88. The zero-order valence-corrected chi connectivity index (χ0v) is 13.3. The fourth-order valence-corrected chi connectivity index (χ4v) is 3.67. The summed E-state index contributed by atoms with van der Waals surface area (Å²) in [6.07, 6.45) is 0. The lowest BCUT2D eigenvalue weighted by atomic mass is 10.1. The first-order chi connectivity index (χ1) is 10.1. The molecule has 1 N–H and O–H groups in total. The van der Waals surface area contributed by atoms with Crippen LogP contribution in [0, 0.1) is 5.92 Å². The van der Waals surface area contributed by atoms with Gasteiger partial charge in [0.05, 0.1) is 19.0 Å². The fraction of sp³-hybridized carbons (Fsp3) is 0.600. The summed E-state index contributed by atoms with van der Waals surface area (Å²) >= 11 is 0. The van der Waals surface area contributed by atoms with Crippen LogP contribution in [0.15, 0.2) is 30.3 Å². The van der Waals surface area contributed by atoms with E-state index in [0.717, 1.165) is 38.4 Å². The molecule has 0 saturated carbocycles. The lowest BCUT2D eigenvalue weighted by Gasteiger charge is -2.29. The van der Waals surface area contributed by atoms with Gasteiger partial charge in [0.2, 0.25) is 10.0 Å². The molecule has 5 nitrogen and oxygen atoms in total. The van der Waals surface area contributed by atoms with Crippen LogP contribution in [0.2, 0.25) is 0 Å². The Labute approximate surface area is 127 Å². The van der Waals surface area contributed by atoms with Gasteiger partial charge in [-0.1, -0.05) is 37.3 Å². The monoisotopic (exact) mass is 312 g/mol. The Morgan fingerprint density at radius 3 is 2.57 bits per heavy atom. The number of nitrogens with zero attached hydrogens (tertiary/aromatic N) is 1. The Bertz CT molecular complexity index is 513. The van der Waals surface area contributed by atoms with Crippen LogP contribution < -0.4 is 4.72 Å². The van der Waals surface area contributed by atoms with E-state index in [1.165, 1.54) is 0 Å². The topological polar surface area (TPSA) is 58.6 Å². The number of rotatable bonds is 7. The van der Waals surface area contributed by atoms with Crippen molar-refractivity contribution in [3.8, 4) is 0 Å². The molecule has 1 aliphatic heterocycles. The molecule has 1 fully saturated rings. The quantitative estimate of drug-likeness (QED) is 0.818. The molecule has 0 amide bonds. The molecule has 1 aromatic rings. The molecule has 21 heavy (non-hydrogen) atoms. The SMILES string of the molecule is CC(CNS(=O)(=O)Cc1ccccc1)CN1CCOCC1. The second-order valence-corrected chi connectivity index (χ2v) is 7.42. The van der Waals surface area contributed by atoms with E-state index in [1.54, 1.807) is 0 Å². The van der Waals surface area contributed by atoms with Gasteiger partial charge in [-0.3, -0.25) is 4.90 Å². The summed E-state index contributed by atoms with van der Waals surface area (Å²) in [5.74, 6) is 0.326. The lowest BCUT2D eigenvalue weighted by Crippen LogP contribution is -2.41. The maximum absolute atomic E-state index is 12.1. The van der Waals surface area contributed by atoms with E-state index in [4.69, 9.17) is 4.74 Å². The maximum atomic E-state index is 12.1. The van der Waals surface area contributed by atoms with Gasteiger partial charge in [0, 0.05) is 26.2 Å². The van der Waals surface area contributed by atoms with Crippen LogP contribution in [0.3, 0.4) is 0 Å². The number of benzene rings is 1. The molecule has 1 heterocycles. The molecular weight excluding hydrogens is 288 g/mol. The summed E-state index contributed by atoms with van der Waals surface area (Å²) in [7, 11) is -3.26. The first-order valence-electron chi connectivity index (χ1n) is 7.36.